The number of halogens is 1. The minimum atomic E-state index is -0.00465. The van der Waals surface area contributed by atoms with Gasteiger partial charge >= 0.3 is 6.01 Å². The summed E-state index contributed by atoms with van der Waals surface area (Å²) in [4.78, 5) is 32.9. The third-order valence-electron chi connectivity index (χ3n) is 11.0. The number of fused-ring (bicyclic) bond motifs is 3. The molecule has 3 aromatic carbocycles. The first-order chi connectivity index (χ1) is 23.9. The maximum absolute atomic E-state index is 12.4. The van der Waals surface area contributed by atoms with E-state index in [1.807, 2.05) is 17.0 Å². The summed E-state index contributed by atoms with van der Waals surface area (Å²) in [5, 5.41) is 8.57. The monoisotopic (exact) mass is 676 g/mol. The van der Waals surface area contributed by atoms with Crippen molar-refractivity contribution in [2.75, 3.05) is 64.4 Å². The van der Waals surface area contributed by atoms with Crippen LogP contribution < -0.4 is 9.64 Å². The molecular formula is C38H41ClN8O2. The van der Waals surface area contributed by atoms with Gasteiger partial charge in [0, 0.05) is 60.6 Å². The molecule has 8 rings (SSSR count). The SMILES string of the molecule is [C-]#[N+]C[C@H]1CN(c2nc(OC[C@@H]3CCCN3C)nc3cc(-c4cccc5cccc(Cl)c45)ccc23)CCN1N1C[C@@H]2[C@H]1CCN2C(=O)C=C. The molecule has 1 aromatic heterocycles. The molecule has 4 aliphatic rings. The molecule has 4 fully saturated rings. The molecule has 10 nitrogen and oxygen atoms in total. The van der Waals surface area contributed by atoms with Gasteiger partial charge in [0.1, 0.15) is 18.5 Å². The lowest BCUT2D eigenvalue weighted by Crippen LogP contribution is -2.72. The highest BCUT2D eigenvalue weighted by atomic mass is 35.5. The lowest BCUT2D eigenvalue weighted by molar-refractivity contribution is -0.167. The summed E-state index contributed by atoms with van der Waals surface area (Å²) in [6.07, 6.45) is 4.62. The summed E-state index contributed by atoms with van der Waals surface area (Å²) in [5.74, 6) is 0.844. The molecule has 5 heterocycles. The summed E-state index contributed by atoms with van der Waals surface area (Å²) < 4.78 is 6.36. The number of anilines is 1. The number of likely N-dealkylation sites (tertiary alicyclic amines) is 2. The van der Waals surface area contributed by atoms with Gasteiger partial charge in [-0.05, 0) is 73.6 Å². The number of carbonyl (C=O) groups is 1. The molecule has 4 aromatic rings. The summed E-state index contributed by atoms with van der Waals surface area (Å²) in [6.45, 7) is 17.2. The predicted molar refractivity (Wildman–Crippen MR) is 194 cm³/mol. The minimum absolute atomic E-state index is 0.00465. The van der Waals surface area contributed by atoms with Crippen molar-refractivity contribution < 1.29 is 9.53 Å². The average Bonchev–Trinajstić information content (AvgIpc) is 3.68. The Bertz CT molecular complexity index is 1960. The number of rotatable bonds is 8. The number of amides is 1. The number of nitrogens with zero attached hydrogens (tertiary/aromatic N) is 8. The number of piperazine rings is 1. The zero-order valence-corrected chi connectivity index (χ0v) is 28.6. The molecule has 0 spiro atoms. The highest BCUT2D eigenvalue weighted by molar-refractivity contribution is 6.36. The van der Waals surface area contributed by atoms with Crippen LogP contribution >= 0.6 is 11.6 Å². The number of hydrazine groups is 1. The zero-order valence-electron chi connectivity index (χ0n) is 27.8. The fourth-order valence-electron chi connectivity index (χ4n) is 8.38. The van der Waals surface area contributed by atoms with E-state index in [1.165, 1.54) is 12.5 Å². The van der Waals surface area contributed by atoms with Crippen LogP contribution in [0.2, 0.25) is 5.02 Å². The quantitative estimate of drug-likeness (QED) is 0.182. The Kier molecular flexibility index (Phi) is 8.62. The Hall–Kier alpha value is -4.27. The largest absolute Gasteiger partial charge is 0.462 e. The second kappa shape index (κ2) is 13.2. The van der Waals surface area contributed by atoms with Crippen LogP contribution in [-0.4, -0.2) is 119 Å². The van der Waals surface area contributed by atoms with Crippen molar-refractivity contribution in [3.63, 3.8) is 0 Å². The molecule has 0 bridgehead atoms. The van der Waals surface area contributed by atoms with Gasteiger partial charge in [0.05, 0.1) is 11.6 Å². The van der Waals surface area contributed by atoms with E-state index in [9.17, 15) is 4.79 Å². The number of aromatic nitrogens is 2. The Labute approximate surface area is 292 Å². The maximum atomic E-state index is 12.4. The molecule has 0 radical (unpaired) electrons. The maximum Gasteiger partial charge on any atom is 0.319 e. The lowest BCUT2D eigenvalue weighted by atomic mass is 9.97. The molecule has 11 heteroatoms. The van der Waals surface area contributed by atoms with Crippen LogP contribution in [0.3, 0.4) is 0 Å². The van der Waals surface area contributed by atoms with Crippen molar-refractivity contribution in [1.29, 1.82) is 0 Å². The highest BCUT2D eigenvalue weighted by Gasteiger charge is 2.52. The van der Waals surface area contributed by atoms with Gasteiger partial charge in [-0.25, -0.2) is 16.6 Å². The number of ether oxygens (including phenoxy) is 1. The van der Waals surface area contributed by atoms with E-state index in [-0.39, 0.29) is 18.0 Å². The first kappa shape index (κ1) is 32.0. The number of carbonyl (C=O) groups excluding carboxylic acids is 1. The van der Waals surface area contributed by atoms with Crippen LogP contribution in [0.25, 0.3) is 37.6 Å². The molecule has 4 atom stereocenters. The van der Waals surface area contributed by atoms with Crippen LogP contribution in [-0.2, 0) is 4.79 Å². The first-order valence-corrected chi connectivity index (χ1v) is 17.7. The molecule has 4 aliphatic heterocycles. The van der Waals surface area contributed by atoms with E-state index in [2.05, 4.69) is 80.8 Å². The zero-order chi connectivity index (χ0) is 33.6. The smallest absolute Gasteiger partial charge is 0.319 e. The van der Waals surface area contributed by atoms with Gasteiger partial charge in [-0.3, -0.25) is 4.79 Å². The van der Waals surface area contributed by atoms with Gasteiger partial charge in [0.25, 0.3) is 0 Å². The second-order valence-electron chi connectivity index (χ2n) is 13.7. The van der Waals surface area contributed by atoms with Crippen molar-refractivity contribution in [1.82, 2.24) is 29.8 Å². The van der Waals surface area contributed by atoms with Gasteiger partial charge in [0.15, 0.2) is 0 Å². The molecule has 49 heavy (non-hydrogen) atoms. The van der Waals surface area contributed by atoms with E-state index in [4.69, 9.17) is 32.9 Å². The van der Waals surface area contributed by atoms with Crippen LogP contribution in [0, 0.1) is 6.57 Å². The Morgan fingerprint density at radius 1 is 1.02 bits per heavy atom. The molecule has 4 saturated heterocycles. The van der Waals surface area contributed by atoms with Crippen LogP contribution in [0.4, 0.5) is 5.82 Å². The van der Waals surface area contributed by atoms with E-state index < -0.39 is 0 Å². The fraction of sp³-hybridized carbons (Fsp3) is 0.421. The predicted octanol–water partition coefficient (Wildman–Crippen LogP) is 5.37. The summed E-state index contributed by atoms with van der Waals surface area (Å²) in [7, 11) is 2.15. The standard InChI is InChI=1S/C38H41ClN8O2/c1-4-35(48)45-17-15-33-34(45)23-47(33)46-19-18-44(22-28(46)21-40-2)37-30-14-13-26(29-11-5-8-25-9-6-12-31(39)36(25)29)20-32(30)41-38(42-37)49-24-27-10-7-16-43(27)3/h4-6,8-9,11-14,20,27-28,33-34H,1,7,10,15-19,21-24H2,3H3/t27-,28-,33+,34+/m0/s1. The number of likely N-dealkylation sites (N-methyl/N-ethyl adjacent to an activating group) is 1. The van der Waals surface area contributed by atoms with E-state index in [1.54, 1.807) is 0 Å². The Balaban J connectivity index is 1.12. The van der Waals surface area contributed by atoms with Crippen molar-refractivity contribution in [3.8, 4) is 17.1 Å². The van der Waals surface area contributed by atoms with Crippen LogP contribution in [0.15, 0.2) is 67.3 Å². The Morgan fingerprint density at radius 3 is 2.67 bits per heavy atom. The molecular weight excluding hydrogens is 636 g/mol. The van der Waals surface area contributed by atoms with Gasteiger partial charge < -0.3 is 24.3 Å². The fourth-order valence-corrected chi connectivity index (χ4v) is 8.66. The number of benzene rings is 3. The lowest BCUT2D eigenvalue weighted by Gasteiger charge is -2.55. The van der Waals surface area contributed by atoms with E-state index >= 15 is 0 Å². The summed E-state index contributed by atoms with van der Waals surface area (Å²) >= 11 is 6.74. The van der Waals surface area contributed by atoms with Crippen molar-refractivity contribution in [3.05, 3.63) is 83.7 Å². The van der Waals surface area contributed by atoms with Crippen molar-refractivity contribution >= 4 is 45.0 Å². The van der Waals surface area contributed by atoms with E-state index in [0.717, 1.165) is 89.2 Å². The highest BCUT2D eigenvalue weighted by Crippen LogP contribution is 2.39. The van der Waals surface area contributed by atoms with Crippen LogP contribution in [0.1, 0.15) is 19.3 Å². The second-order valence-corrected chi connectivity index (χ2v) is 14.1. The molecule has 0 unspecified atom stereocenters. The topological polar surface area (TPSA) is 72.6 Å². The minimum Gasteiger partial charge on any atom is -0.462 e. The van der Waals surface area contributed by atoms with Gasteiger partial charge in [0.2, 0.25) is 12.5 Å². The normalized spacial score (nSPS) is 24.6. The first-order valence-electron chi connectivity index (χ1n) is 17.3. The molecule has 0 N–H and O–H groups in total. The summed E-state index contributed by atoms with van der Waals surface area (Å²) in [5.41, 5.74) is 2.90. The number of hydrogen-bond donors (Lipinski definition) is 0. The van der Waals surface area contributed by atoms with Gasteiger partial charge in [-0.2, -0.15) is 9.97 Å². The Morgan fingerprint density at radius 2 is 1.88 bits per heavy atom. The van der Waals surface area contributed by atoms with Crippen molar-refractivity contribution in [2.45, 2.75) is 43.4 Å². The number of hydrogen-bond acceptors (Lipinski definition) is 8. The van der Waals surface area contributed by atoms with Crippen molar-refractivity contribution in [2.24, 2.45) is 0 Å². The average molecular weight is 677 g/mol. The van der Waals surface area contributed by atoms with Crippen LogP contribution in [0.5, 0.6) is 6.01 Å². The third kappa shape index (κ3) is 5.79. The van der Waals surface area contributed by atoms with Gasteiger partial charge in [-0.15, -0.1) is 0 Å². The summed E-state index contributed by atoms with van der Waals surface area (Å²) in [6, 6.07) is 19.8. The van der Waals surface area contributed by atoms with Gasteiger partial charge in [-0.1, -0.05) is 54.6 Å². The molecule has 0 aliphatic carbocycles. The molecule has 252 valence electrons. The van der Waals surface area contributed by atoms with E-state index in [0.29, 0.717) is 37.8 Å². The molecule has 0 saturated carbocycles. The molecule has 1 amide bonds. The third-order valence-corrected chi connectivity index (χ3v) is 11.3.